The normalized spacial score (nSPS) is 17.7. The first-order chi connectivity index (χ1) is 19.3. The van der Waals surface area contributed by atoms with E-state index in [0.29, 0.717) is 39.9 Å². The molecule has 0 amide bonds. The van der Waals surface area contributed by atoms with Crippen LogP contribution in [0.3, 0.4) is 0 Å². The molecule has 0 radical (unpaired) electrons. The SMILES string of the molecule is CC1(C)CC(=O)C2=C(C1)Nc1nc(SCc3ccccc3)nn1C2c1cccc(OCc2ccc(Cl)cc2Cl)c1. The molecule has 1 atom stereocenters. The number of benzene rings is 3. The van der Waals surface area contributed by atoms with E-state index in [2.05, 4.69) is 31.3 Å². The van der Waals surface area contributed by atoms with Crippen molar-refractivity contribution < 1.29 is 9.53 Å². The van der Waals surface area contributed by atoms with Crippen LogP contribution in [0.5, 0.6) is 5.75 Å². The highest BCUT2D eigenvalue weighted by Crippen LogP contribution is 2.46. The van der Waals surface area contributed by atoms with E-state index in [0.717, 1.165) is 34.6 Å². The fourth-order valence-electron chi connectivity index (χ4n) is 5.26. The van der Waals surface area contributed by atoms with E-state index >= 15 is 0 Å². The summed E-state index contributed by atoms with van der Waals surface area (Å²) in [5.74, 6) is 2.20. The number of nitrogens with zero attached hydrogens (tertiary/aromatic N) is 3. The number of ketones is 1. The molecule has 0 saturated carbocycles. The molecule has 1 N–H and O–H groups in total. The topological polar surface area (TPSA) is 69.0 Å². The predicted octanol–water partition coefficient (Wildman–Crippen LogP) is 8.11. The van der Waals surface area contributed by atoms with Gasteiger partial charge in [0.15, 0.2) is 5.78 Å². The van der Waals surface area contributed by atoms with Gasteiger partial charge in [-0.3, -0.25) is 4.79 Å². The second-order valence-electron chi connectivity index (χ2n) is 10.9. The Morgan fingerprint density at radius 2 is 1.88 bits per heavy atom. The number of ether oxygens (including phenoxy) is 1. The van der Waals surface area contributed by atoms with Crippen LogP contribution in [0, 0.1) is 5.41 Å². The Labute approximate surface area is 247 Å². The van der Waals surface area contributed by atoms with E-state index in [1.165, 1.54) is 5.56 Å². The van der Waals surface area contributed by atoms with Crippen molar-refractivity contribution in [2.24, 2.45) is 5.41 Å². The van der Waals surface area contributed by atoms with E-state index in [4.69, 9.17) is 38.0 Å². The molecular weight excluding hydrogens is 563 g/mol. The molecule has 9 heteroatoms. The number of aromatic nitrogens is 3. The van der Waals surface area contributed by atoms with Gasteiger partial charge in [0.2, 0.25) is 11.1 Å². The third-order valence-electron chi connectivity index (χ3n) is 7.11. The van der Waals surface area contributed by atoms with Gasteiger partial charge in [0.1, 0.15) is 18.4 Å². The van der Waals surface area contributed by atoms with Crippen LogP contribution < -0.4 is 10.1 Å². The second kappa shape index (κ2) is 11.0. The molecule has 0 saturated heterocycles. The van der Waals surface area contributed by atoms with Crippen molar-refractivity contribution in [2.45, 2.75) is 50.2 Å². The van der Waals surface area contributed by atoms with Gasteiger partial charge in [0, 0.05) is 39.1 Å². The molecule has 1 aromatic heterocycles. The first-order valence-corrected chi connectivity index (χ1v) is 14.8. The standard InChI is InChI=1S/C31H28Cl2N4O2S/c1-31(2)15-25-27(26(38)16-31)28(37-29(34-25)35-30(36-37)40-18-19-7-4-3-5-8-19)20-9-6-10-23(13-20)39-17-21-11-12-22(32)14-24(21)33/h3-14,28H,15-18H2,1-2H3,(H,34,35,36). The molecule has 4 aromatic rings. The van der Waals surface area contributed by atoms with Crippen LogP contribution in [0.15, 0.2) is 89.2 Å². The van der Waals surface area contributed by atoms with Crippen LogP contribution in [0.4, 0.5) is 5.95 Å². The maximum Gasteiger partial charge on any atom is 0.227 e. The Morgan fingerprint density at radius 1 is 1.05 bits per heavy atom. The molecule has 0 fully saturated rings. The lowest BCUT2D eigenvalue weighted by atomic mass is 9.73. The monoisotopic (exact) mass is 590 g/mol. The molecule has 1 aliphatic heterocycles. The predicted molar refractivity (Wildman–Crippen MR) is 160 cm³/mol. The van der Waals surface area contributed by atoms with Gasteiger partial charge in [-0.05, 0) is 47.2 Å². The molecule has 40 heavy (non-hydrogen) atoms. The largest absolute Gasteiger partial charge is 0.489 e. The minimum absolute atomic E-state index is 0.127. The minimum atomic E-state index is -0.406. The average Bonchev–Trinajstić information content (AvgIpc) is 3.33. The number of anilines is 1. The highest BCUT2D eigenvalue weighted by molar-refractivity contribution is 7.98. The van der Waals surface area contributed by atoms with Crippen LogP contribution in [-0.4, -0.2) is 20.5 Å². The van der Waals surface area contributed by atoms with Crippen molar-refractivity contribution in [2.75, 3.05) is 5.32 Å². The molecule has 2 aliphatic rings. The minimum Gasteiger partial charge on any atom is -0.489 e. The maximum atomic E-state index is 13.6. The quantitative estimate of drug-likeness (QED) is 0.219. The zero-order valence-corrected chi connectivity index (χ0v) is 24.5. The van der Waals surface area contributed by atoms with Gasteiger partial charge in [-0.2, -0.15) is 4.98 Å². The van der Waals surface area contributed by atoms with Crippen LogP contribution in [0.2, 0.25) is 10.0 Å². The van der Waals surface area contributed by atoms with Crippen molar-refractivity contribution in [1.82, 2.24) is 14.8 Å². The lowest BCUT2D eigenvalue weighted by Crippen LogP contribution is -2.36. The van der Waals surface area contributed by atoms with Crippen LogP contribution >= 0.6 is 35.0 Å². The zero-order chi connectivity index (χ0) is 27.9. The smallest absolute Gasteiger partial charge is 0.227 e. The first kappa shape index (κ1) is 26.9. The summed E-state index contributed by atoms with van der Waals surface area (Å²) >= 11 is 14.0. The molecule has 3 aromatic carbocycles. The second-order valence-corrected chi connectivity index (χ2v) is 12.7. The van der Waals surface area contributed by atoms with E-state index in [9.17, 15) is 4.79 Å². The molecule has 0 bridgehead atoms. The molecule has 6 nitrogen and oxygen atoms in total. The van der Waals surface area contributed by atoms with E-state index in [1.807, 2.05) is 53.2 Å². The van der Waals surface area contributed by atoms with Crippen molar-refractivity contribution in [3.05, 3.63) is 111 Å². The van der Waals surface area contributed by atoms with Gasteiger partial charge in [-0.15, -0.1) is 5.10 Å². The first-order valence-electron chi connectivity index (χ1n) is 13.1. The Balaban J connectivity index is 1.33. The highest BCUT2D eigenvalue weighted by Gasteiger charge is 2.42. The summed E-state index contributed by atoms with van der Waals surface area (Å²) in [6.45, 7) is 4.55. The van der Waals surface area contributed by atoms with Gasteiger partial charge in [0.05, 0.1) is 0 Å². The van der Waals surface area contributed by atoms with Crippen LogP contribution in [-0.2, 0) is 17.2 Å². The van der Waals surface area contributed by atoms with E-state index in [-0.39, 0.29) is 11.2 Å². The molecule has 204 valence electrons. The Hall–Kier alpha value is -3.26. The number of carbonyl (C=O) groups is 1. The number of fused-ring (bicyclic) bond motifs is 1. The summed E-state index contributed by atoms with van der Waals surface area (Å²) in [6, 6.07) is 23.0. The third-order valence-corrected chi connectivity index (χ3v) is 8.60. The molecule has 6 rings (SSSR count). The molecule has 1 aliphatic carbocycles. The Bertz CT molecular complexity index is 1620. The average molecular weight is 592 g/mol. The van der Waals surface area contributed by atoms with E-state index in [1.54, 1.807) is 23.9 Å². The molecule has 2 heterocycles. The fourth-order valence-corrected chi connectivity index (χ4v) is 6.50. The number of thioether (sulfide) groups is 1. The maximum absolute atomic E-state index is 13.6. The number of hydrogen-bond acceptors (Lipinski definition) is 6. The van der Waals surface area contributed by atoms with Gasteiger partial charge in [-0.1, -0.05) is 97.3 Å². The van der Waals surface area contributed by atoms with Crippen LogP contribution in [0.25, 0.3) is 0 Å². The summed E-state index contributed by atoms with van der Waals surface area (Å²) in [5, 5.41) is 10.1. The van der Waals surface area contributed by atoms with Crippen molar-refractivity contribution in [3.8, 4) is 5.75 Å². The summed E-state index contributed by atoms with van der Waals surface area (Å²) in [5.41, 5.74) is 4.48. The van der Waals surface area contributed by atoms with Crippen molar-refractivity contribution in [3.63, 3.8) is 0 Å². The molecule has 0 spiro atoms. The fraction of sp³-hybridized carbons (Fsp3) is 0.258. The van der Waals surface area contributed by atoms with Gasteiger partial charge in [0.25, 0.3) is 0 Å². The number of halogens is 2. The van der Waals surface area contributed by atoms with Gasteiger partial charge in [-0.25, -0.2) is 4.68 Å². The van der Waals surface area contributed by atoms with Crippen molar-refractivity contribution in [1.29, 1.82) is 0 Å². The third kappa shape index (κ3) is 5.64. The van der Waals surface area contributed by atoms with Crippen molar-refractivity contribution >= 4 is 46.7 Å². The zero-order valence-electron chi connectivity index (χ0n) is 22.2. The number of rotatable bonds is 7. The highest BCUT2D eigenvalue weighted by atomic mass is 35.5. The summed E-state index contributed by atoms with van der Waals surface area (Å²) < 4.78 is 7.97. The number of hydrogen-bond donors (Lipinski definition) is 1. The number of Topliss-reactive ketones (excluding diaryl/α,β-unsaturated/α-hetero) is 1. The van der Waals surface area contributed by atoms with Crippen LogP contribution in [0.1, 0.15) is 49.4 Å². The summed E-state index contributed by atoms with van der Waals surface area (Å²) in [6.07, 6.45) is 1.24. The lowest BCUT2D eigenvalue weighted by Gasteiger charge is -2.38. The summed E-state index contributed by atoms with van der Waals surface area (Å²) in [4.78, 5) is 18.4. The molecular formula is C31H28Cl2N4O2S. The Kier molecular flexibility index (Phi) is 7.38. The lowest BCUT2D eigenvalue weighted by molar-refractivity contribution is -0.118. The van der Waals surface area contributed by atoms with Gasteiger partial charge >= 0.3 is 0 Å². The Morgan fingerprint density at radius 3 is 2.67 bits per heavy atom. The molecule has 1 unspecified atom stereocenters. The number of allylic oxidation sites excluding steroid dienone is 2. The van der Waals surface area contributed by atoms with E-state index < -0.39 is 6.04 Å². The summed E-state index contributed by atoms with van der Waals surface area (Å²) in [7, 11) is 0. The number of carbonyl (C=O) groups excluding carboxylic acids is 1. The van der Waals surface area contributed by atoms with Gasteiger partial charge < -0.3 is 10.1 Å². The number of nitrogens with one attached hydrogen (secondary N) is 1.